The molecule has 0 radical (unpaired) electrons. The Hall–Kier alpha value is -7.40. The molecule has 8 atom stereocenters. The van der Waals surface area contributed by atoms with E-state index in [1.165, 1.54) is 6.92 Å². The third-order valence-electron chi connectivity index (χ3n) is 11.7. The summed E-state index contributed by atoms with van der Waals surface area (Å²) in [5.74, 6) is -6.47. The van der Waals surface area contributed by atoms with E-state index in [1.807, 2.05) is 18.2 Å². The van der Waals surface area contributed by atoms with Gasteiger partial charge in [-0.25, -0.2) is 9.59 Å². The number of carbonyl (C=O) groups is 8. The lowest BCUT2D eigenvalue weighted by Crippen LogP contribution is -2.61. The molecule has 8 amide bonds. The second kappa shape index (κ2) is 26.2. The van der Waals surface area contributed by atoms with Crippen LogP contribution in [-0.2, 0) is 59.2 Å². The third kappa shape index (κ3) is 15.5. The Labute approximate surface area is 423 Å². The van der Waals surface area contributed by atoms with Crippen LogP contribution in [0.3, 0.4) is 0 Å². The van der Waals surface area contributed by atoms with Gasteiger partial charge < -0.3 is 58.1 Å². The fourth-order valence-corrected chi connectivity index (χ4v) is 9.85. The van der Waals surface area contributed by atoms with Crippen LogP contribution in [0.15, 0.2) is 121 Å². The summed E-state index contributed by atoms with van der Waals surface area (Å²) in [6.45, 7) is 1.32. The van der Waals surface area contributed by atoms with Crippen molar-refractivity contribution in [3.63, 3.8) is 0 Å². The van der Waals surface area contributed by atoms with E-state index in [0.717, 1.165) is 39.5 Å². The zero-order valence-electron chi connectivity index (χ0n) is 39.4. The average molecular weight is 1020 g/mol. The number of aliphatic hydroxyl groups is 1. The molecule has 1 saturated heterocycles. The zero-order valence-corrected chi connectivity index (χ0v) is 41.0. The summed E-state index contributed by atoms with van der Waals surface area (Å²) in [7, 11) is 3.23. The van der Waals surface area contributed by atoms with Crippen molar-refractivity contribution in [2.24, 2.45) is 5.73 Å². The van der Waals surface area contributed by atoms with Crippen LogP contribution in [0, 0.1) is 0 Å². The molecule has 1 fully saturated rings. The molecule has 0 aliphatic carbocycles. The van der Waals surface area contributed by atoms with Crippen molar-refractivity contribution in [2.45, 2.75) is 81.3 Å². The highest BCUT2D eigenvalue weighted by Crippen LogP contribution is 2.23. The minimum absolute atomic E-state index is 0.0121. The summed E-state index contributed by atoms with van der Waals surface area (Å²) in [5, 5.41) is 40.2. The molecule has 4 aromatic carbocycles. The van der Waals surface area contributed by atoms with Crippen molar-refractivity contribution < 1.29 is 48.6 Å². The van der Waals surface area contributed by atoms with Crippen molar-refractivity contribution in [3.8, 4) is 0 Å². The van der Waals surface area contributed by atoms with E-state index in [2.05, 4.69) is 42.2 Å². The number of H-pyrrole nitrogens is 1. The smallest absolute Gasteiger partial charge is 0.327 e. The van der Waals surface area contributed by atoms with Gasteiger partial charge in [-0.15, -0.1) is 0 Å². The van der Waals surface area contributed by atoms with Crippen molar-refractivity contribution in [1.82, 2.24) is 47.1 Å². The standard InChI is InChI=1S/C50H58N10O10S2/c1-29-42(61)54-37(22-30-14-6-3-7-15-30)46(65)58-41(48(67)68)28-72-71-27-35(51)43(62)55-38(23-31-16-8-4-9-17-31)44(63)56-39(24-32-18-10-5-11-19-32)45(64)57-40(47(66)59-50(70)60(2)49(69)53-29)25-33-26-52-36-21-13-12-20-34(33)36/h3-21,26,29,35,37-41,50,52,70H,22-25,27-28,51H2,1-2H3,(H,53,69)(H,54,61)(H,55,62)(H,56,63)(H,57,64)(H,58,65)(H,59,66)(H,67,68)/t29-,35+,37-,38+,39-,40+,41+,50+/m0/s1. The van der Waals surface area contributed by atoms with Gasteiger partial charge in [0.15, 0.2) is 0 Å². The lowest BCUT2D eigenvalue weighted by Gasteiger charge is -2.29. The maximum Gasteiger partial charge on any atom is 0.327 e. The fourth-order valence-electron chi connectivity index (χ4n) is 7.58. The van der Waals surface area contributed by atoms with E-state index in [4.69, 9.17) is 5.73 Å². The highest BCUT2D eigenvalue weighted by molar-refractivity contribution is 8.76. The van der Waals surface area contributed by atoms with Crippen LogP contribution < -0.4 is 43.0 Å². The third-order valence-corrected chi connectivity index (χ3v) is 14.1. The van der Waals surface area contributed by atoms with Crippen LogP contribution in [-0.4, -0.2) is 135 Å². The largest absolute Gasteiger partial charge is 0.480 e. The monoisotopic (exact) mass is 1020 g/mol. The number of para-hydroxylation sites is 1. The Morgan fingerprint density at radius 1 is 0.569 bits per heavy atom. The van der Waals surface area contributed by atoms with Crippen molar-refractivity contribution in [2.75, 3.05) is 18.6 Å². The number of carboxylic acids is 1. The van der Waals surface area contributed by atoms with E-state index in [0.29, 0.717) is 27.2 Å². The van der Waals surface area contributed by atoms with E-state index in [-0.39, 0.29) is 37.2 Å². The molecule has 0 saturated carbocycles. The maximum absolute atomic E-state index is 14.6. The van der Waals surface area contributed by atoms with Gasteiger partial charge in [-0.05, 0) is 35.2 Å². The molecule has 1 aliphatic heterocycles. The van der Waals surface area contributed by atoms with Crippen LogP contribution in [0.5, 0.6) is 0 Å². The van der Waals surface area contributed by atoms with Gasteiger partial charge in [-0.2, -0.15) is 0 Å². The van der Waals surface area contributed by atoms with E-state index in [9.17, 15) is 48.6 Å². The molecule has 20 nitrogen and oxygen atoms in total. The Kier molecular flexibility index (Phi) is 19.6. The first-order valence-corrected chi connectivity index (χ1v) is 25.5. The number of nitrogens with two attached hydrogens (primary N) is 1. The van der Waals surface area contributed by atoms with Crippen molar-refractivity contribution in [3.05, 3.63) is 144 Å². The van der Waals surface area contributed by atoms with Crippen molar-refractivity contribution >= 4 is 79.9 Å². The number of aromatic amines is 1. The quantitative estimate of drug-likeness (QED) is 0.0924. The number of aliphatic carboxylic acids is 1. The van der Waals surface area contributed by atoms with Crippen molar-refractivity contribution in [1.29, 1.82) is 0 Å². The SMILES string of the molecule is C[C@@H]1NC(=O)N(C)[C@H](O)NC(=O)[C@@H](Cc2c[nH]c3ccccc23)NC(=O)[C@H](Cc2ccccc2)NC(=O)[C@@H](Cc2ccccc2)NC(=O)[C@H](N)CSSC[C@H](C(=O)O)NC(=O)[C@H](Cc2ccccc2)NC1=O. The van der Waals surface area contributed by atoms with E-state index >= 15 is 0 Å². The van der Waals surface area contributed by atoms with Gasteiger partial charge in [0.2, 0.25) is 41.8 Å². The highest BCUT2D eigenvalue weighted by atomic mass is 33.1. The molecule has 0 unspecified atom stereocenters. The molecule has 5 aromatic rings. The molecule has 72 heavy (non-hydrogen) atoms. The summed E-state index contributed by atoms with van der Waals surface area (Å²) >= 11 is 0. The molecule has 0 bridgehead atoms. The number of fused-ring (bicyclic) bond motifs is 1. The number of urea groups is 1. The molecule has 380 valence electrons. The minimum atomic E-state index is -2.02. The molecule has 0 spiro atoms. The van der Waals surface area contributed by atoms with Gasteiger partial charge >= 0.3 is 12.0 Å². The van der Waals surface area contributed by atoms with Crippen LogP contribution in [0.1, 0.15) is 29.2 Å². The summed E-state index contributed by atoms with van der Waals surface area (Å²) in [6.07, 6.45) is -0.603. The first-order chi connectivity index (χ1) is 34.6. The van der Waals surface area contributed by atoms with Gasteiger partial charge in [-0.1, -0.05) is 131 Å². The molecule has 1 aromatic heterocycles. The van der Waals surface area contributed by atoms with Crippen LogP contribution >= 0.6 is 21.6 Å². The number of nitrogens with one attached hydrogen (secondary N) is 8. The van der Waals surface area contributed by atoms with Gasteiger partial charge in [0.1, 0.15) is 36.3 Å². The summed E-state index contributed by atoms with van der Waals surface area (Å²) < 4.78 is 0. The number of amides is 8. The first kappa shape index (κ1) is 53.9. The maximum atomic E-state index is 14.6. The Morgan fingerprint density at radius 3 is 1.53 bits per heavy atom. The number of hydrogen-bond acceptors (Lipinski definition) is 12. The van der Waals surface area contributed by atoms with Crippen LogP contribution in [0.25, 0.3) is 10.9 Å². The average Bonchev–Trinajstić information content (AvgIpc) is 3.78. The predicted octanol–water partition coefficient (Wildman–Crippen LogP) is 1.09. The number of benzene rings is 4. The van der Waals surface area contributed by atoms with Gasteiger partial charge in [0.05, 0.1) is 6.04 Å². The van der Waals surface area contributed by atoms with Gasteiger partial charge in [0.25, 0.3) is 0 Å². The lowest BCUT2D eigenvalue weighted by molar-refractivity contribution is -0.141. The lowest BCUT2D eigenvalue weighted by atomic mass is 10.0. The number of aliphatic hydroxyl groups excluding tert-OH is 1. The number of hydrogen-bond donors (Lipinski definition) is 11. The first-order valence-electron chi connectivity index (χ1n) is 23.0. The molecule has 12 N–H and O–H groups in total. The summed E-state index contributed by atoms with van der Waals surface area (Å²) in [5.41, 5.74) is 9.64. The molecule has 22 heteroatoms. The molecule has 6 rings (SSSR count). The Morgan fingerprint density at radius 2 is 1.00 bits per heavy atom. The van der Waals surface area contributed by atoms with E-state index in [1.54, 1.807) is 103 Å². The Bertz CT molecular complexity index is 2680. The minimum Gasteiger partial charge on any atom is -0.480 e. The molecule has 2 heterocycles. The number of aromatic nitrogens is 1. The second-order valence-electron chi connectivity index (χ2n) is 17.1. The molecular weight excluding hydrogens is 965 g/mol. The topological polar surface area (TPSA) is 306 Å². The highest BCUT2D eigenvalue weighted by Gasteiger charge is 2.34. The fraction of sp³-hybridized carbons (Fsp3) is 0.320. The Balaban J connectivity index is 1.32. The van der Waals surface area contributed by atoms with Crippen LogP contribution in [0.2, 0.25) is 0 Å². The second-order valence-corrected chi connectivity index (χ2v) is 19.7. The number of nitrogens with zero attached hydrogens (tertiary/aromatic N) is 1. The van der Waals surface area contributed by atoms with Gasteiger partial charge in [-0.3, -0.25) is 33.7 Å². The number of carboxylic acid groups (broad SMARTS) is 1. The summed E-state index contributed by atoms with van der Waals surface area (Å²) in [6, 6.07) is 23.2. The van der Waals surface area contributed by atoms with E-state index < -0.39 is 96.1 Å². The molecular formula is C50H58N10O10S2. The molecule has 1 aliphatic rings. The van der Waals surface area contributed by atoms with Crippen LogP contribution in [0.4, 0.5) is 4.79 Å². The number of carbonyl (C=O) groups excluding carboxylic acids is 7. The zero-order chi connectivity index (χ0) is 51.7. The number of rotatable bonds is 9. The normalized spacial score (nSPS) is 24.1. The predicted molar refractivity (Wildman–Crippen MR) is 273 cm³/mol. The summed E-state index contributed by atoms with van der Waals surface area (Å²) in [4.78, 5) is 114. The van der Waals surface area contributed by atoms with Gasteiger partial charge in [0, 0.05) is 61.3 Å².